The maximum atomic E-state index is 12.0. The Balaban J connectivity index is 1.39. The first-order valence-electron chi connectivity index (χ1n) is 11.2. The van der Waals surface area contributed by atoms with Gasteiger partial charge in [0.1, 0.15) is 11.5 Å². The number of benzene rings is 2. The van der Waals surface area contributed by atoms with Gasteiger partial charge in [0.2, 0.25) is 0 Å². The second-order valence-electron chi connectivity index (χ2n) is 7.98. The monoisotopic (exact) mass is 410 g/mol. The molecule has 0 heterocycles. The number of hydrogen-bond acceptors (Lipinski definition) is 4. The number of Topliss-reactive ketones (excluding diaryl/α,β-unsaturated/α-hetero) is 2. The van der Waals surface area contributed by atoms with E-state index in [-0.39, 0.29) is 23.1 Å². The zero-order valence-electron chi connectivity index (χ0n) is 17.8. The minimum Gasteiger partial charge on any atom is -0.508 e. The molecule has 0 saturated carbocycles. The lowest BCUT2D eigenvalue weighted by molar-refractivity contribution is 0.0971. The van der Waals surface area contributed by atoms with Crippen molar-refractivity contribution in [2.75, 3.05) is 0 Å². The van der Waals surface area contributed by atoms with E-state index in [4.69, 9.17) is 0 Å². The van der Waals surface area contributed by atoms with Crippen molar-refractivity contribution in [3.05, 3.63) is 59.7 Å². The highest BCUT2D eigenvalue weighted by atomic mass is 16.3. The fourth-order valence-corrected chi connectivity index (χ4v) is 3.57. The van der Waals surface area contributed by atoms with Crippen molar-refractivity contribution in [2.24, 2.45) is 0 Å². The number of unbranched alkanes of at least 4 members (excludes halogenated alkanes) is 9. The fraction of sp³-hybridized carbons (Fsp3) is 0.462. The van der Waals surface area contributed by atoms with Gasteiger partial charge in [-0.05, 0) is 61.4 Å². The van der Waals surface area contributed by atoms with Crippen LogP contribution in [0.2, 0.25) is 0 Å². The van der Waals surface area contributed by atoms with E-state index in [0.29, 0.717) is 24.0 Å². The summed E-state index contributed by atoms with van der Waals surface area (Å²) in [5, 5.41) is 18.5. The molecule has 162 valence electrons. The molecule has 0 saturated heterocycles. The molecule has 2 aromatic carbocycles. The number of carbonyl (C=O) groups is 2. The van der Waals surface area contributed by atoms with Crippen molar-refractivity contribution in [1.82, 2.24) is 0 Å². The molecule has 0 amide bonds. The van der Waals surface area contributed by atoms with Crippen LogP contribution >= 0.6 is 0 Å². The van der Waals surface area contributed by atoms with E-state index in [9.17, 15) is 19.8 Å². The van der Waals surface area contributed by atoms with Gasteiger partial charge in [-0.1, -0.05) is 51.4 Å². The molecule has 2 N–H and O–H groups in total. The molecule has 0 bridgehead atoms. The van der Waals surface area contributed by atoms with Gasteiger partial charge >= 0.3 is 0 Å². The molecule has 0 unspecified atom stereocenters. The van der Waals surface area contributed by atoms with Crippen LogP contribution in [0.5, 0.6) is 11.5 Å². The first-order valence-corrected chi connectivity index (χ1v) is 11.2. The molecule has 30 heavy (non-hydrogen) atoms. The number of hydrogen-bond donors (Lipinski definition) is 2. The Labute approximate surface area is 180 Å². The summed E-state index contributed by atoms with van der Waals surface area (Å²) in [4.78, 5) is 24.1. The summed E-state index contributed by atoms with van der Waals surface area (Å²) in [5.74, 6) is 0.682. The van der Waals surface area contributed by atoms with E-state index in [2.05, 4.69) is 0 Å². The van der Waals surface area contributed by atoms with Crippen LogP contribution in [0.1, 0.15) is 97.8 Å². The van der Waals surface area contributed by atoms with Gasteiger partial charge in [0.25, 0.3) is 0 Å². The topological polar surface area (TPSA) is 74.6 Å². The van der Waals surface area contributed by atoms with Gasteiger partial charge in [0.15, 0.2) is 11.6 Å². The Morgan fingerprint density at radius 2 is 0.733 bits per heavy atom. The van der Waals surface area contributed by atoms with Crippen molar-refractivity contribution in [2.45, 2.75) is 77.0 Å². The fourth-order valence-electron chi connectivity index (χ4n) is 3.57. The lowest BCUT2D eigenvalue weighted by atomic mass is 10.0. The Kier molecular flexibility index (Phi) is 10.7. The van der Waals surface area contributed by atoms with Crippen molar-refractivity contribution < 1.29 is 19.8 Å². The zero-order valence-corrected chi connectivity index (χ0v) is 17.8. The SMILES string of the molecule is O=C(CCCCCCCCCCCCC(=O)c1ccc(O)cc1)c1ccc(O)cc1. The normalized spacial score (nSPS) is 10.8. The highest BCUT2D eigenvalue weighted by Gasteiger charge is 2.06. The van der Waals surface area contributed by atoms with Crippen molar-refractivity contribution in [3.63, 3.8) is 0 Å². The maximum absolute atomic E-state index is 12.0. The van der Waals surface area contributed by atoms with Crippen LogP contribution in [-0.2, 0) is 0 Å². The van der Waals surface area contributed by atoms with Crippen molar-refractivity contribution in [1.29, 1.82) is 0 Å². The van der Waals surface area contributed by atoms with Crippen LogP contribution in [0, 0.1) is 0 Å². The van der Waals surface area contributed by atoms with Gasteiger partial charge in [-0.15, -0.1) is 0 Å². The third-order valence-electron chi connectivity index (χ3n) is 5.44. The largest absolute Gasteiger partial charge is 0.508 e. The minimum absolute atomic E-state index is 0.152. The van der Waals surface area contributed by atoms with Gasteiger partial charge in [0, 0.05) is 24.0 Å². The number of ketones is 2. The van der Waals surface area contributed by atoms with Crippen molar-refractivity contribution >= 4 is 11.6 Å². The van der Waals surface area contributed by atoms with Gasteiger partial charge in [-0.2, -0.15) is 0 Å². The van der Waals surface area contributed by atoms with Crippen LogP contribution in [0.25, 0.3) is 0 Å². The molecule has 0 aliphatic carbocycles. The minimum atomic E-state index is 0.152. The van der Waals surface area contributed by atoms with Gasteiger partial charge in [-0.3, -0.25) is 9.59 Å². The van der Waals surface area contributed by atoms with Crippen molar-refractivity contribution in [3.8, 4) is 11.5 Å². The third-order valence-corrected chi connectivity index (χ3v) is 5.44. The highest BCUT2D eigenvalue weighted by molar-refractivity contribution is 5.96. The second kappa shape index (κ2) is 13.6. The highest BCUT2D eigenvalue weighted by Crippen LogP contribution is 2.16. The summed E-state index contributed by atoms with van der Waals surface area (Å²) >= 11 is 0. The molecule has 0 aliphatic rings. The second-order valence-corrected chi connectivity index (χ2v) is 7.98. The summed E-state index contributed by atoms with van der Waals surface area (Å²) < 4.78 is 0. The van der Waals surface area contributed by atoms with E-state index in [1.165, 1.54) is 38.5 Å². The third kappa shape index (κ3) is 9.25. The molecular formula is C26H34O4. The Bertz CT molecular complexity index is 695. The van der Waals surface area contributed by atoms with E-state index < -0.39 is 0 Å². The average molecular weight is 411 g/mol. The van der Waals surface area contributed by atoms with E-state index in [1.807, 2.05) is 0 Å². The standard InChI is InChI=1S/C26H34O4/c27-23-17-13-21(14-18-23)25(29)11-9-7-5-3-1-2-4-6-8-10-12-26(30)22-15-19-24(28)20-16-22/h13-20,27-28H,1-12H2. The maximum Gasteiger partial charge on any atom is 0.162 e. The van der Waals surface area contributed by atoms with E-state index in [1.54, 1.807) is 48.5 Å². The Hall–Kier alpha value is -2.62. The van der Waals surface area contributed by atoms with Gasteiger partial charge < -0.3 is 10.2 Å². The van der Waals surface area contributed by atoms with Gasteiger partial charge in [0.05, 0.1) is 0 Å². The summed E-state index contributed by atoms with van der Waals surface area (Å²) in [6.07, 6.45) is 12.4. The Morgan fingerprint density at radius 1 is 0.467 bits per heavy atom. The smallest absolute Gasteiger partial charge is 0.162 e. The molecule has 0 spiro atoms. The van der Waals surface area contributed by atoms with Crippen LogP contribution < -0.4 is 0 Å². The summed E-state index contributed by atoms with van der Waals surface area (Å²) in [5.41, 5.74) is 1.36. The zero-order chi connectivity index (χ0) is 21.6. The lowest BCUT2D eigenvalue weighted by Gasteiger charge is -2.04. The summed E-state index contributed by atoms with van der Waals surface area (Å²) in [6, 6.07) is 13.0. The Morgan fingerprint density at radius 3 is 1.03 bits per heavy atom. The van der Waals surface area contributed by atoms with Crippen LogP contribution in [0.4, 0.5) is 0 Å². The molecule has 2 rings (SSSR count). The number of carbonyl (C=O) groups excluding carboxylic acids is 2. The molecule has 0 aromatic heterocycles. The average Bonchev–Trinajstić information content (AvgIpc) is 2.75. The van der Waals surface area contributed by atoms with E-state index in [0.717, 1.165) is 25.7 Å². The molecule has 4 heteroatoms. The first-order chi connectivity index (χ1) is 14.6. The summed E-state index contributed by atoms with van der Waals surface area (Å²) in [7, 11) is 0. The predicted molar refractivity (Wildman–Crippen MR) is 120 cm³/mol. The van der Waals surface area contributed by atoms with Gasteiger partial charge in [-0.25, -0.2) is 0 Å². The number of phenols is 2. The number of rotatable bonds is 15. The molecule has 0 radical (unpaired) electrons. The first kappa shape index (κ1) is 23.7. The van der Waals surface area contributed by atoms with Crippen LogP contribution in [0.15, 0.2) is 48.5 Å². The number of aromatic hydroxyl groups is 2. The molecule has 0 fully saturated rings. The molecule has 2 aromatic rings. The van der Waals surface area contributed by atoms with E-state index >= 15 is 0 Å². The lowest BCUT2D eigenvalue weighted by Crippen LogP contribution is -1.98. The van der Waals surface area contributed by atoms with Crippen LogP contribution in [0.3, 0.4) is 0 Å². The predicted octanol–water partition coefficient (Wildman–Crippen LogP) is 6.84. The quantitative estimate of drug-likeness (QED) is 0.249. The molecule has 4 nitrogen and oxygen atoms in total. The van der Waals surface area contributed by atoms with Crippen LogP contribution in [-0.4, -0.2) is 21.8 Å². The number of phenolic OH excluding ortho intramolecular Hbond substituents is 2. The summed E-state index contributed by atoms with van der Waals surface area (Å²) in [6.45, 7) is 0. The molecular weight excluding hydrogens is 376 g/mol. The molecule has 0 aliphatic heterocycles. The molecule has 0 atom stereocenters.